The fourth-order valence-corrected chi connectivity index (χ4v) is 11.3. The van der Waals surface area contributed by atoms with Crippen molar-refractivity contribution in [2.45, 2.75) is 51.8 Å². The third-order valence-electron chi connectivity index (χ3n) is 16.3. The molecule has 4 fully saturated rings. The number of carbonyl (C=O) groups is 4. The molecule has 6 heterocycles. The Morgan fingerprint density at radius 3 is 1.37 bits per heavy atom. The molecule has 0 aliphatic carbocycles. The molecule has 0 spiro atoms. The van der Waals surface area contributed by atoms with Crippen molar-refractivity contribution in [3.05, 3.63) is 164 Å². The molecule has 2 aromatic heterocycles. The van der Waals surface area contributed by atoms with Gasteiger partial charge in [0, 0.05) is 155 Å². The third-order valence-corrected chi connectivity index (χ3v) is 16.3. The third kappa shape index (κ3) is 20.8. The lowest BCUT2D eigenvalue weighted by atomic mass is 10.0. The van der Waals surface area contributed by atoms with E-state index in [0.717, 1.165) is 155 Å². The molecule has 4 aromatic carbocycles. The van der Waals surface area contributed by atoms with Gasteiger partial charge < -0.3 is 66.1 Å². The Bertz CT molecular complexity index is 3660. The first kappa shape index (κ1) is 71.4. The lowest BCUT2D eigenvalue weighted by Gasteiger charge is -2.35. The number of aldehydes is 1. The molecule has 0 atom stereocenters. The molecule has 0 saturated carbocycles. The van der Waals surface area contributed by atoms with Gasteiger partial charge in [-0.05, 0) is 105 Å². The summed E-state index contributed by atoms with van der Waals surface area (Å²) < 4.78 is 87.0. The summed E-state index contributed by atoms with van der Waals surface area (Å²) in [7, 11) is 4.07. The number of amides is 3. The highest BCUT2D eigenvalue weighted by molar-refractivity contribution is 6.08. The minimum absolute atomic E-state index is 0.00505. The number of piperazine rings is 4. The zero-order valence-corrected chi connectivity index (χ0v) is 53.7. The Labute approximate surface area is 542 Å². The quantitative estimate of drug-likeness (QED) is 0.0371. The summed E-state index contributed by atoms with van der Waals surface area (Å²) in [6.07, 6.45) is -8.04. The van der Waals surface area contributed by atoms with Crippen LogP contribution in [0.25, 0.3) is 22.3 Å². The van der Waals surface area contributed by atoms with E-state index in [-0.39, 0.29) is 6.54 Å². The van der Waals surface area contributed by atoms with Crippen LogP contribution in [0.1, 0.15) is 63.7 Å². The number of anilines is 4. The fraction of sp³-hybridized carbons (Fsp3) is 0.433. The lowest BCUT2D eigenvalue weighted by Crippen LogP contribution is -2.47. The first-order valence-electron chi connectivity index (χ1n) is 31.3. The maximum Gasteiger partial charge on any atom is 0.417 e. The Hall–Kier alpha value is -8.44. The highest BCUT2D eigenvalue weighted by atomic mass is 19.4. The first-order chi connectivity index (χ1) is 44.7. The first-order valence-corrected chi connectivity index (χ1v) is 31.3. The smallest absolute Gasteiger partial charge is 0.417 e. The number of rotatable bonds is 16. The molecule has 4 aliphatic rings. The van der Waals surface area contributed by atoms with E-state index in [2.05, 4.69) is 89.8 Å². The van der Waals surface area contributed by atoms with Gasteiger partial charge in [0.25, 0.3) is 11.8 Å². The number of likely N-dealkylation sites (N-methyl/N-ethyl adjacent to an activating group) is 2. The summed E-state index contributed by atoms with van der Waals surface area (Å²) in [5.41, 5.74) is 7.69. The molecule has 4 aliphatic heterocycles. The van der Waals surface area contributed by atoms with E-state index in [1.807, 2.05) is 74.8 Å². The van der Waals surface area contributed by atoms with Crippen molar-refractivity contribution in [1.82, 2.24) is 45.1 Å². The number of alkyl carbamates (subject to hydrolysis) is 1. The molecule has 10 rings (SSSR count). The normalized spacial score (nSPS) is 16.4. The minimum Gasteiger partial charge on any atom is -0.444 e. The summed E-state index contributed by atoms with van der Waals surface area (Å²) >= 11 is 0. The number of aromatic amines is 2. The molecule has 21 nitrogen and oxygen atoms in total. The van der Waals surface area contributed by atoms with E-state index in [1.165, 1.54) is 0 Å². The summed E-state index contributed by atoms with van der Waals surface area (Å²) in [6, 6.07) is 28.6. The highest BCUT2D eigenvalue weighted by Gasteiger charge is 2.38. The average Bonchev–Trinajstić information content (AvgIpc) is 0.864. The number of nitrogens with two attached hydrogens (primary N) is 1. The topological polar surface area (TPSA) is 240 Å². The van der Waals surface area contributed by atoms with Gasteiger partial charge in [-0.25, -0.2) is 4.79 Å². The second-order valence-electron chi connectivity index (χ2n) is 24.6. The van der Waals surface area contributed by atoms with Crippen molar-refractivity contribution in [2.24, 2.45) is 5.73 Å². The van der Waals surface area contributed by atoms with Crippen LogP contribution < -0.4 is 47.9 Å². The van der Waals surface area contributed by atoms with E-state index >= 15 is 0 Å². The number of aromatic nitrogens is 2. The second-order valence-corrected chi connectivity index (χ2v) is 24.6. The van der Waals surface area contributed by atoms with Gasteiger partial charge in [-0.2, -0.15) is 26.3 Å². The summed E-state index contributed by atoms with van der Waals surface area (Å²) in [4.78, 5) is 90.5. The number of hydrogen-bond acceptors (Lipinski definition) is 16. The largest absolute Gasteiger partial charge is 0.444 e. The number of ether oxygens (including phenoxy) is 1. The molecule has 0 radical (unpaired) electrons. The van der Waals surface area contributed by atoms with Crippen LogP contribution in [0.5, 0.6) is 0 Å². The van der Waals surface area contributed by atoms with E-state index in [1.54, 1.807) is 20.8 Å². The van der Waals surface area contributed by atoms with Crippen molar-refractivity contribution in [1.29, 1.82) is 0 Å². The van der Waals surface area contributed by atoms with Gasteiger partial charge in [0.05, 0.1) is 51.5 Å². The van der Waals surface area contributed by atoms with E-state index < -0.39 is 69.2 Å². The van der Waals surface area contributed by atoms with Crippen LogP contribution >= 0.6 is 0 Å². The number of H-pyrrole nitrogens is 2. The molecule has 3 amide bonds. The van der Waals surface area contributed by atoms with Gasteiger partial charge in [-0.15, -0.1) is 0 Å². The van der Waals surface area contributed by atoms with Gasteiger partial charge >= 0.3 is 18.4 Å². The number of carbonyl (C=O) groups excluding carboxylic acids is 4. The van der Waals surface area contributed by atoms with Crippen LogP contribution in [0.15, 0.2) is 119 Å². The number of nitrogens with one attached hydrogen (secondary N) is 6. The fourth-order valence-electron chi connectivity index (χ4n) is 11.3. The number of hydrogen-bond donors (Lipinski definition) is 7. The predicted octanol–water partition coefficient (Wildman–Crippen LogP) is 7.32. The number of alkyl halides is 6. The molecule has 0 bridgehead atoms. The molecule has 4 saturated heterocycles. The minimum atomic E-state index is -4.86. The number of benzene rings is 4. The molecular formula is C67H84F6N14O7. The molecule has 94 heavy (non-hydrogen) atoms. The zero-order chi connectivity index (χ0) is 67.7. The van der Waals surface area contributed by atoms with Crippen LogP contribution in [0, 0.1) is 0 Å². The van der Waals surface area contributed by atoms with Crippen molar-refractivity contribution in [3.63, 3.8) is 0 Å². The van der Waals surface area contributed by atoms with E-state index in [4.69, 9.17) is 10.5 Å². The SMILES string of the molecule is CC(C)(C)OC(=O)NCC=O.CN1CCN(c2ccc(-c3cccc(CN4CCN(CCN)CC4)c3)cc2NC(=O)c2c[nH]c(=O)cc2C(F)(F)F)CC1.CN1CCN(c2ccc(-c3cccc(CN4CCNCC4)c3)cc2NC(=O)c2c[nH]c(=O)cc2C(F)(F)F)CC1. The lowest BCUT2D eigenvalue weighted by molar-refractivity contribution is -0.138. The van der Waals surface area contributed by atoms with Crippen LogP contribution in [-0.2, 0) is 35.0 Å². The Morgan fingerprint density at radius 1 is 0.553 bits per heavy atom. The van der Waals surface area contributed by atoms with E-state index in [9.17, 15) is 55.1 Å². The summed E-state index contributed by atoms with van der Waals surface area (Å²) in [6.45, 7) is 22.4. The highest BCUT2D eigenvalue weighted by Crippen LogP contribution is 2.38. The summed E-state index contributed by atoms with van der Waals surface area (Å²) in [5, 5.41) is 11.1. The van der Waals surface area contributed by atoms with Crippen molar-refractivity contribution >= 4 is 46.9 Å². The Balaban J connectivity index is 0.000000208. The van der Waals surface area contributed by atoms with E-state index in [0.29, 0.717) is 62.5 Å². The van der Waals surface area contributed by atoms with Crippen LogP contribution in [0.2, 0.25) is 0 Å². The molecule has 0 unspecified atom stereocenters. The Morgan fingerprint density at radius 2 is 0.968 bits per heavy atom. The standard InChI is InChI=1S/C31H38F3N7O2.C29H33F3N6O2.C7H13NO3/c1-38-9-15-41(16-10-38)28-6-5-24(18-27(28)37-30(43)25-20-36-29(42)19-26(25)31(32,33)34)23-4-2-3-22(17-23)21-40-13-11-39(8-7-35)12-14-40;1-36-11-13-38(14-12-36)26-6-5-22(21-4-2-3-20(15-21)19-37-9-7-33-8-10-37)16-25(26)35-28(40)23-18-34-27(39)17-24(23)29(30,31)32;1-7(2,3)11-6(10)8-4-5-9/h2-6,17-20H,7-16,21,35H2,1H3,(H,36,42)(H,37,43);2-6,15-18,33H,7-14,19H2,1H3,(H,34,39)(H,35,40);5H,4H2,1-3H3,(H,8,10). The molecular weight excluding hydrogens is 1230 g/mol. The van der Waals surface area contributed by atoms with Crippen LogP contribution in [-0.4, -0.2) is 203 Å². The monoisotopic (exact) mass is 1310 g/mol. The predicted molar refractivity (Wildman–Crippen MR) is 352 cm³/mol. The van der Waals surface area contributed by atoms with Crippen LogP contribution in [0.4, 0.5) is 53.9 Å². The maximum atomic E-state index is 13.7. The van der Waals surface area contributed by atoms with Gasteiger partial charge in [0.1, 0.15) is 11.9 Å². The summed E-state index contributed by atoms with van der Waals surface area (Å²) in [5.74, 6) is -1.89. The Kier molecular flexibility index (Phi) is 24.8. The van der Waals surface area contributed by atoms with Gasteiger partial charge in [0.2, 0.25) is 11.1 Å². The van der Waals surface area contributed by atoms with Crippen molar-refractivity contribution in [3.8, 4) is 22.3 Å². The molecule has 506 valence electrons. The molecule has 6 aromatic rings. The number of halogens is 6. The van der Waals surface area contributed by atoms with Crippen molar-refractivity contribution in [2.75, 3.05) is 159 Å². The average molecular weight is 1310 g/mol. The van der Waals surface area contributed by atoms with Crippen molar-refractivity contribution < 1.29 is 50.3 Å². The van der Waals surface area contributed by atoms with Crippen LogP contribution in [0.3, 0.4) is 0 Å². The van der Waals surface area contributed by atoms with Gasteiger partial charge in [0.15, 0.2) is 0 Å². The van der Waals surface area contributed by atoms with Gasteiger partial charge in [-0.1, -0.05) is 48.5 Å². The second kappa shape index (κ2) is 32.6. The number of nitrogens with zero attached hydrogens (tertiary/aromatic N) is 7. The molecule has 27 heteroatoms. The number of pyridine rings is 2. The molecule has 8 N–H and O–H groups in total. The maximum absolute atomic E-state index is 13.7. The zero-order valence-electron chi connectivity index (χ0n) is 53.7. The van der Waals surface area contributed by atoms with Gasteiger partial charge in [-0.3, -0.25) is 33.9 Å².